The molecule has 3 rings (SSSR count). The van der Waals surface area contributed by atoms with Gasteiger partial charge >= 0.3 is 0 Å². The number of benzene rings is 2. The lowest BCUT2D eigenvalue weighted by Gasteiger charge is -2.12. The highest BCUT2D eigenvalue weighted by atomic mass is 19.1. The molecule has 7 nitrogen and oxygen atoms in total. The van der Waals surface area contributed by atoms with Gasteiger partial charge in [0.25, 0.3) is 5.91 Å². The standard InChI is InChI=1S/C20H19FN4O3/c1-12-22-17(11-19(23-12)24-14-6-4-13(21)5-7-14)20(26)25-16-10-15(27-2)8-9-18(16)28-3/h4-11H,1-3H3,(H,25,26)(H,22,23,24). The number of rotatable bonds is 6. The van der Waals surface area contributed by atoms with E-state index in [0.717, 1.165) is 0 Å². The summed E-state index contributed by atoms with van der Waals surface area (Å²) >= 11 is 0. The fourth-order valence-corrected chi connectivity index (χ4v) is 2.53. The highest BCUT2D eigenvalue weighted by molar-refractivity contribution is 6.04. The first-order chi connectivity index (χ1) is 13.5. The minimum atomic E-state index is -0.431. The zero-order valence-electron chi connectivity index (χ0n) is 15.6. The third-order valence-corrected chi connectivity index (χ3v) is 3.84. The predicted molar refractivity (Wildman–Crippen MR) is 104 cm³/mol. The van der Waals surface area contributed by atoms with E-state index in [9.17, 15) is 9.18 Å². The summed E-state index contributed by atoms with van der Waals surface area (Å²) < 4.78 is 23.5. The van der Waals surface area contributed by atoms with Crippen LogP contribution in [0, 0.1) is 12.7 Å². The Kier molecular flexibility index (Phi) is 5.69. The number of methoxy groups -OCH3 is 2. The molecule has 0 aliphatic rings. The second kappa shape index (κ2) is 8.34. The molecule has 144 valence electrons. The summed E-state index contributed by atoms with van der Waals surface area (Å²) in [4.78, 5) is 21.2. The maximum Gasteiger partial charge on any atom is 0.274 e. The van der Waals surface area contributed by atoms with Crippen molar-refractivity contribution in [3.8, 4) is 11.5 Å². The van der Waals surface area contributed by atoms with Gasteiger partial charge in [-0.15, -0.1) is 0 Å². The van der Waals surface area contributed by atoms with E-state index in [1.165, 1.54) is 32.4 Å². The summed E-state index contributed by atoms with van der Waals surface area (Å²) in [7, 11) is 3.05. The summed E-state index contributed by atoms with van der Waals surface area (Å²) in [5.41, 5.74) is 1.26. The van der Waals surface area contributed by atoms with Crippen molar-refractivity contribution >= 4 is 23.1 Å². The Balaban J connectivity index is 1.84. The van der Waals surface area contributed by atoms with Crippen molar-refractivity contribution in [1.29, 1.82) is 0 Å². The summed E-state index contributed by atoms with van der Waals surface area (Å²) in [6.45, 7) is 1.68. The first-order valence-corrected chi connectivity index (χ1v) is 8.40. The highest BCUT2D eigenvalue weighted by Crippen LogP contribution is 2.29. The van der Waals surface area contributed by atoms with E-state index in [1.54, 1.807) is 37.3 Å². The molecule has 3 aromatic rings. The SMILES string of the molecule is COc1ccc(OC)c(NC(=O)c2cc(Nc3ccc(F)cc3)nc(C)n2)c1. The van der Waals surface area contributed by atoms with Crippen LogP contribution in [-0.2, 0) is 0 Å². The van der Waals surface area contributed by atoms with Crippen molar-refractivity contribution in [1.82, 2.24) is 9.97 Å². The average Bonchev–Trinajstić information content (AvgIpc) is 2.69. The number of carbonyl (C=O) groups excluding carboxylic acids is 1. The summed E-state index contributed by atoms with van der Waals surface area (Å²) in [6.07, 6.45) is 0. The summed E-state index contributed by atoms with van der Waals surface area (Å²) in [5.74, 6) is 1.13. The molecule has 8 heteroatoms. The maximum absolute atomic E-state index is 13.1. The Bertz CT molecular complexity index is 993. The van der Waals surface area contributed by atoms with E-state index in [4.69, 9.17) is 9.47 Å². The van der Waals surface area contributed by atoms with Crippen LogP contribution in [0.25, 0.3) is 0 Å². The van der Waals surface area contributed by atoms with Crippen molar-refractivity contribution < 1.29 is 18.7 Å². The van der Waals surface area contributed by atoms with Crippen LogP contribution < -0.4 is 20.1 Å². The van der Waals surface area contributed by atoms with Crippen molar-refractivity contribution in [3.05, 3.63) is 65.9 Å². The van der Waals surface area contributed by atoms with Crippen molar-refractivity contribution in [2.75, 3.05) is 24.9 Å². The lowest BCUT2D eigenvalue weighted by Crippen LogP contribution is -2.16. The number of nitrogens with zero attached hydrogens (tertiary/aromatic N) is 2. The Labute approximate surface area is 161 Å². The number of aryl methyl sites for hydroxylation is 1. The Morgan fingerprint density at radius 2 is 1.75 bits per heavy atom. The number of halogens is 1. The molecule has 0 radical (unpaired) electrons. The number of hydrogen-bond acceptors (Lipinski definition) is 6. The van der Waals surface area contributed by atoms with Crippen LogP contribution in [0.5, 0.6) is 11.5 Å². The van der Waals surface area contributed by atoms with Crippen LogP contribution in [0.15, 0.2) is 48.5 Å². The van der Waals surface area contributed by atoms with E-state index in [0.29, 0.717) is 34.5 Å². The number of ether oxygens (including phenoxy) is 2. The Morgan fingerprint density at radius 3 is 2.43 bits per heavy atom. The van der Waals surface area contributed by atoms with Crippen LogP contribution in [-0.4, -0.2) is 30.1 Å². The molecule has 0 atom stereocenters. The molecule has 1 aromatic heterocycles. The van der Waals surface area contributed by atoms with Gasteiger partial charge in [-0.25, -0.2) is 14.4 Å². The third-order valence-electron chi connectivity index (χ3n) is 3.84. The quantitative estimate of drug-likeness (QED) is 0.672. The molecule has 1 heterocycles. The van der Waals surface area contributed by atoms with Gasteiger partial charge in [0.1, 0.15) is 34.7 Å². The minimum absolute atomic E-state index is 0.169. The van der Waals surface area contributed by atoms with E-state index in [-0.39, 0.29) is 11.5 Å². The fourth-order valence-electron chi connectivity index (χ4n) is 2.53. The first-order valence-electron chi connectivity index (χ1n) is 8.40. The lowest BCUT2D eigenvalue weighted by molar-refractivity contribution is 0.102. The molecule has 2 aromatic carbocycles. The van der Waals surface area contributed by atoms with Crippen LogP contribution in [0.3, 0.4) is 0 Å². The number of hydrogen-bond donors (Lipinski definition) is 2. The van der Waals surface area contributed by atoms with Gasteiger partial charge in [0.2, 0.25) is 0 Å². The van der Waals surface area contributed by atoms with E-state index >= 15 is 0 Å². The second-order valence-corrected chi connectivity index (χ2v) is 5.84. The largest absolute Gasteiger partial charge is 0.497 e. The van der Waals surface area contributed by atoms with Gasteiger partial charge in [0.05, 0.1) is 19.9 Å². The normalized spacial score (nSPS) is 10.3. The van der Waals surface area contributed by atoms with Crippen LogP contribution in [0.1, 0.15) is 16.3 Å². The zero-order valence-corrected chi connectivity index (χ0v) is 15.6. The molecule has 0 aliphatic heterocycles. The van der Waals surface area contributed by atoms with Gasteiger partial charge < -0.3 is 20.1 Å². The lowest BCUT2D eigenvalue weighted by atomic mass is 10.2. The van der Waals surface area contributed by atoms with Gasteiger partial charge in [-0.05, 0) is 43.3 Å². The van der Waals surface area contributed by atoms with Crippen molar-refractivity contribution in [3.63, 3.8) is 0 Å². The molecular formula is C20H19FN4O3. The molecule has 0 saturated heterocycles. The third kappa shape index (κ3) is 4.53. The summed E-state index contributed by atoms with van der Waals surface area (Å²) in [5, 5.41) is 5.80. The first kappa shape index (κ1) is 19.1. The highest BCUT2D eigenvalue weighted by Gasteiger charge is 2.14. The van der Waals surface area contributed by atoms with Crippen molar-refractivity contribution in [2.45, 2.75) is 6.92 Å². The Hall–Kier alpha value is -3.68. The number of nitrogens with one attached hydrogen (secondary N) is 2. The number of anilines is 3. The van der Waals surface area contributed by atoms with Crippen LogP contribution >= 0.6 is 0 Å². The number of aromatic nitrogens is 2. The topological polar surface area (TPSA) is 85.4 Å². The molecule has 0 unspecified atom stereocenters. The van der Waals surface area contributed by atoms with Crippen LogP contribution in [0.4, 0.5) is 21.6 Å². The van der Waals surface area contributed by atoms with Crippen molar-refractivity contribution in [2.24, 2.45) is 0 Å². The zero-order chi connectivity index (χ0) is 20.1. The van der Waals surface area contributed by atoms with E-state index < -0.39 is 5.91 Å². The molecule has 0 spiro atoms. The summed E-state index contributed by atoms with van der Waals surface area (Å²) in [6, 6.07) is 12.4. The molecule has 2 N–H and O–H groups in total. The molecular weight excluding hydrogens is 363 g/mol. The number of carbonyl (C=O) groups is 1. The molecule has 0 aliphatic carbocycles. The van der Waals surface area contributed by atoms with Gasteiger partial charge in [-0.2, -0.15) is 0 Å². The monoisotopic (exact) mass is 382 g/mol. The molecule has 0 fully saturated rings. The Morgan fingerprint density at radius 1 is 1.00 bits per heavy atom. The molecule has 1 amide bonds. The van der Waals surface area contributed by atoms with Gasteiger partial charge in [-0.3, -0.25) is 4.79 Å². The second-order valence-electron chi connectivity index (χ2n) is 5.84. The molecule has 0 bridgehead atoms. The van der Waals surface area contributed by atoms with Gasteiger partial charge in [-0.1, -0.05) is 0 Å². The van der Waals surface area contributed by atoms with Gasteiger partial charge in [0, 0.05) is 17.8 Å². The predicted octanol–water partition coefficient (Wildman–Crippen LogP) is 3.94. The molecule has 0 saturated carbocycles. The molecule has 28 heavy (non-hydrogen) atoms. The number of amides is 1. The maximum atomic E-state index is 13.1. The fraction of sp³-hybridized carbons (Fsp3) is 0.150. The van der Waals surface area contributed by atoms with Crippen LogP contribution in [0.2, 0.25) is 0 Å². The minimum Gasteiger partial charge on any atom is -0.497 e. The smallest absolute Gasteiger partial charge is 0.274 e. The van der Waals surface area contributed by atoms with Gasteiger partial charge in [0.15, 0.2) is 0 Å². The van der Waals surface area contributed by atoms with E-state index in [1.807, 2.05) is 0 Å². The average molecular weight is 382 g/mol. The van der Waals surface area contributed by atoms with E-state index in [2.05, 4.69) is 20.6 Å².